The lowest BCUT2D eigenvalue weighted by Crippen LogP contribution is -2.14. The Morgan fingerprint density at radius 3 is 1.24 bits per heavy atom. The number of fused-ring (bicyclic) bond motifs is 2. The highest BCUT2D eigenvalue weighted by Crippen LogP contribution is 2.59. The van der Waals surface area contributed by atoms with E-state index in [0.29, 0.717) is 26.4 Å². The van der Waals surface area contributed by atoms with Gasteiger partial charge in [0, 0.05) is 9.75 Å². The fraction of sp³-hybridized carbons (Fsp3) is 0.500. The zero-order chi connectivity index (χ0) is 33.4. The van der Waals surface area contributed by atoms with Crippen molar-refractivity contribution in [1.82, 2.24) is 0 Å². The monoisotopic (exact) mass is 752 g/mol. The third-order valence-electron chi connectivity index (χ3n) is 9.36. The van der Waals surface area contributed by atoms with E-state index in [1.807, 2.05) is 56.7 Å². The topological polar surface area (TPSA) is 36.9 Å². The number of hydrogen-bond donors (Lipinski definition) is 0. The summed E-state index contributed by atoms with van der Waals surface area (Å²) in [6.45, 7) is 6.91. The van der Waals surface area contributed by atoms with E-state index in [1.165, 1.54) is 127 Å². The highest BCUT2D eigenvalue weighted by Gasteiger charge is 2.31. The third kappa shape index (κ3) is 7.96. The summed E-state index contributed by atoms with van der Waals surface area (Å²) in [5.74, 6) is 3.67. The number of ether oxygens (including phenoxy) is 4. The second-order valence-electron chi connectivity index (χ2n) is 13.0. The molecule has 0 amide bonds. The largest absolute Gasteiger partial charge is 0.485 e. The highest BCUT2D eigenvalue weighted by molar-refractivity contribution is 7.30. The molecule has 0 saturated heterocycles. The van der Waals surface area contributed by atoms with Crippen LogP contribution in [0.1, 0.15) is 102 Å². The molecule has 2 aliphatic rings. The van der Waals surface area contributed by atoms with Gasteiger partial charge < -0.3 is 18.9 Å². The van der Waals surface area contributed by atoms with Crippen molar-refractivity contribution in [2.45, 2.75) is 104 Å². The maximum atomic E-state index is 6.35. The number of aryl methyl sites for hydroxylation is 2. The van der Waals surface area contributed by atoms with Crippen LogP contribution in [0.5, 0.6) is 23.0 Å². The van der Waals surface area contributed by atoms with Gasteiger partial charge in [-0.2, -0.15) is 0 Å². The molecule has 0 atom stereocenters. The average molecular weight is 753 g/mol. The van der Waals surface area contributed by atoms with E-state index in [0.717, 1.165) is 35.8 Å². The molecule has 0 aromatic carbocycles. The van der Waals surface area contributed by atoms with Crippen LogP contribution in [0.2, 0.25) is 0 Å². The van der Waals surface area contributed by atoms with Gasteiger partial charge in [0.25, 0.3) is 0 Å². The zero-order valence-electron chi connectivity index (χ0n) is 28.9. The van der Waals surface area contributed by atoms with Crippen LogP contribution in [0, 0.1) is 0 Å². The lowest BCUT2D eigenvalue weighted by molar-refractivity contribution is 0.175. The van der Waals surface area contributed by atoms with Crippen LogP contribution in [-0.4, -0.2) is 26.4 Å². The van der Waals surface area contributed by atoms with E-state index in [-0.39, 0.29) is 0 Å². The van der Waals surface area contributed by atoms with E-state index in [2.05, 4.69) is 48.9 Å². The van der Waals surface area contributed by atoms with Crippen LogP contribution >= 0.6 is 56.7 Å². The molecule has 0 aliphatic carbocycles. The molecule has 9 heteroatoms. The first-order valence-corrected chi connectivity index (χ1v) is 22.6. The zero-order valence-corrected chi connectivity index (χ0v) is 32.9. The molecule has 0 spiro atoms. The number of hydrogen-bond acceptors (Lipinski definition) is 9. The van der Waals surface area contributed by atoms with E-state index >= 15 is 0 Å². The van der Waals surface area contributed by atoms with Crippen LogP contribution in [-0.2, 0) is 12.8 Å². The van der Waals surface area contributed by atoms with Crippen LogP contribution in [0.3, 0.4) is 0 Å². The Bertz CT molecular complexity index is 1660. The molecule has 0 bridgehead atoms. The Kier molecular flexibility index (Phi) is 12.4. The molecule has 0 fully saturated rings. The maximum Gasteiger partial charge on any atom is 0.181 e. The molecule has 262 valence electrons. The summed E-state index contributed by atoms with van der Waals surface area (Å²) in [7, 11) is 0. The Labute approximate surface area is 312 Å². The van der Waals surface area contributed by atoms with Gasteiger partial charge in [0.05, 0.1) is 29.3 Å². The molecule has 49 heavy (non-hydrogen) atoms. The quantitative estimate of drug-likeness (QED) is 0.0835. The molecule has 0 unspecified atom stereocenters. The summed E-state index contributed by atoms with van der Waals surface area (Å²) in [6, 6.07) is 9.14. The van der Waals surface area contributed by atoms with Gasteiger partial charge in [0.1, 0.15) is 26.4 Å². The standard InChI is InChI=1S/C40H48O4S5/c1-3-5-7-9-11-13-15-27-19-25-45-35(27)39-33-31(41-21-23-43-33)37(48-39)29-17-18-30(47-29)38-32-34(44-24-22-42-32)40(49-38)36-28(20-26-46-36)16-14-12-10-8-6-4-2/h17-20,25-26H,3-16,21-24H2,1-2H3. The summed E-state index contributed by atoms with van der Waals surface area (Å²) in [5, 5.41) is 4.49. The molecule has 5 aromatic heterocycles. The lowest BCUT2D eigenvalue weighted by atomic mass is 10.0. The first kappa shape index (κ1) is 35.1. The molecule has 7 rings (SSSR count). The summed E-state index contributed by atoms with van der Waals surface area (Å²) in [4.78, 5) is 9.89. The van der Waals surface area contributed by atoms with Crippen LogP contribution < -0.4 is 18.9 Å². The highest BCUT2D eigenvalue weighted by atomic mass is 32.1. The second-order valence-corrected chi connectivity index (χ2v) is 17.9. The minimum absolute atomic E-state index is 0.582. The van der Waals surface area contributed by atoms with Gasteiger partial charge >= 0.3 is 0 Å². The molecular formula is C40H48O4S5. The minimum atomic E-state index is 0.582. The predicted molar refractivity (Wildman–Crippen MR) is 214 cm³/mol. The Balaban J connectivity index is 1.14. The molecule has 0 N–H and O–H groups in total. The normalized spacial score (nSPS) is 13.8. The Hall–Kier alpha value is -2.30. The minimum Gasteiger partial charge on any atom is -0.485 e. The van der Waals surface area contributed by atoms with Crippen molar-refractivity contribution in [2.75, 3.05) is 26.4 Å². The van der Waals surface area contributed by atoms with Crippen LogP contribution in [0.15, 0.2) is 35.0 Å². The van der Waals surface area contributed by atoms with E-state index in [4.69, 9.17) is 18.9 Å². The third-order valence-corrected chi connectivity index (χ3v) is 15.3. The maximum absolute atomic E-state index is 6.35. The predicted octanol–water partition coefficient (Wildman–Crippen LogP) is 14.0. The second kappa shape index (κ2) is 17.3. The molecule has 5 aromatic rings. The Morgan fingerprint density at radius 2 is 0.816 bits per heavy atom. The van der Waals surface area contributed by atoms with E-state index in [1.54, 1.807) is 0 Å². The molecular weight excluding hydrogens is 705 g/mol. The van der Waals surface area contributed by atoms with Crippen molar-refractivity contribution in [3.63, 3.8) is 0 Å². The number of unbranched alkanes of at least 4 members (excludes halogenated alkanes) is 10. The summed E-state index contributed by atoms with van der Waals surface area (Å²) in [6.07, 6.45) is 18.0. The number of rotatable bonds is 18. The van der Waals surface area contributed by atoms with Gasteiger partial charge in [-0.05, 0) is 71.8 Å². The van der Waals surface area contributed by atoms with Gasteiger partial charge in [-0.15, -0.1) is 56.7 Å². The van der Waals surface area contributed by atoms with Crippen LogP contribution in [0.4, 0.5) is 0 Å². The van der Waals surface area contributed by atoms with Gasteiger partial charge in [-0.25, -0.2) is 0 Å². The van der Waals surface area contributed by atoms with Crippen LogP contribution in [0.25, 0.3) is 39.0 Å². The summed E-state index contributed by atoms with van der Waals surface area (Å²) in [5.41, 5.74) is 2.88. The van der Waals surface area contributed by atoms with Crippen molar-refractivity contribution in [3.8, 4) is 62.0 Å². The SMILES string of the molecule is CCCCCCCCc1ccsc1-c1sc(-c2ccc(-c3sc(-c4sccc4CCCCCCCC)c4c3OCCO4)s2)c2c1OCCO2. The van der Waals surface area contributed by atoms with E-state index in [9.17, 15) is 0 Å². The fourth-order valence-corrected chi connectivity index (χ4v) is 12.6. The summed E-state index contributed by atoms with van der Waals surface area (Å²) >= 11 is 9.14. The molecule has 4 nitrogen and oxygen atoms in total. The van der Waals surface area contributed by atoms with E-state index < -0.39 is 0 Å². The van der Waals surface area contributed by atoms with Crippen molar-refractivity contribution >= 4 is 56.7 Å². The van der Waals surface area contributed by atoms with Crippen molar-refractivity contribution < 1.29 is 18.9 Å². The molecule has 0 radical (unpaired) electrons. The molecule has 2 aliphatic heterocycles. The van der Waals surface area contributed by atoms with Crippen molar-refractivity contribution in [2.24, 2.45) is 0 Å². The molecule has 0 saturated carbocycles. The smallest absolute Gasteiger partial charge is 0.181 e. The average Bonchev–Trinajstić information content (AvgIpc) is 3.97. The van der Waals surface area contributed by atoms with Gasteiger partial charge in [0.2, 0.25) is 0 Å². The Morgan fingerprint density at radius 1 is 0.429 bits per heavy atom. The number of thiophene rings is 5. The first-order valence-electron chi connectivity index (χ1n) is 18.4. The fourth-order valence-electron chi connectivity index (χ4n) is 6.76. The van der Waals surface area contributed by atoms with Gasteiger partial charge in [0.15, 0.2) is 23.0 Å². The summed E-state index contributed by atoms with van der Waals surface area (Å²) < 4.78 is 25.4. The van der Waals surface area contributed by atoms with Crippen molar-refractivity contribution in [3.05, 3.63) is 46.2 Å². The van der Waals surface area contributed by atoms with Crippen molar-refractivity contribution in [1.29, 1.82) is 0 Å². The lowest BCUT2D eigenvalue weighted by Gasteiger charge is -2.17. The molecule has 7 heterocycles. The van der Waals surface area contributed by atoms with Gasteiger partial charge in [-0.3, -0.25) is 0 Å². The first-order chi connectivity index (χ1) is 24.3. The van der Waals surface area contributed by atoms with Gasteiger partial charge in [-0.1, -0.05) is 78.1 Å².